The predicted molar refractivity (Wildman–Crippen MR) is 52.3 cm³/mol. The van der Waals surface area contributed by atoms with Crippen LogP contribution in [0.1, 0.15) is 13.3 Å². The third kappa shape index (κ3) is 5.94. The number of hydrogen-bond acceptors (Lipinski definition) is 2. The van der Waals surface area contributed by atoms with Crippen molar-refractivity contribution in [2.45, 2.75) is 13.3 Å². The smallest absolute Gasteiger partial charge is 0.317 e. The van der Waals surface area contributed by atoms with Gasteiger partial charge in [-0.15, -0.1) is 6.42 Å². The van der Waals surface area contributed by atoms with Crippen LogP contribution in [0, 0.1) is 12.3 Å². The summed E-state index contributed by atoms with van der Waals surface area (Å²) in [6.07, 6.45) is 5.96. The van der Waals surface area contributed by atoms with Gasteiger partial charge in [0.25, 0.3) is 0 Å². The first kappa shape index (κ1) is 11.7. The second-order valence-electron chi connectivity index (χ2n) is 2.85. The first-order chi connectivity index (χ1) is 6.10. The maximum atomic E-state index is 10.4. The molecule has 3 nitrogen and oxygen atoms in total. The number of rotatable bonds is 6. The maximum absolute atomic E-state index is 10.4. The lowest BCUT2D eigenvalue weighted by Crippen LogP contribution is -2.31. The number of aliphatic carboxylic acids is 1. The molecule has 0 aromatic carbocycles. The van der Waals surface area contributed by atoms with Crippen molar-refractivity contribution in [3.05, 3.63) is 12.2 Å². The number of terminal acetylenes is 1. The minimum absolute atomic E-state index is 0.0246. The zero-order valence-corrected chi connectivity index (χ0v) is 7.92. The Kier molecular flexibility index (Phi) is 5.66. The van der Waals surface area contributed by atoms with Gasteiger partial charge < -0.3 is 5.11 Å². The predicted octanol–water partition coefficient (Wildman–Crippen LogP) is 0.972. The normalized spacial score (nSPS) is 9.62. The van der Waals surface area contributed by atoms with E-state index in [2.05, 4.69) is 12.5 Å². The number of carboxylic acid groups (broad SMARTS) is 1. The van der Waals surface area contributed by atoms with Gasteiger partial charge in [0.15, 0.2) is 0 Å². The molecule has 0 aliphatic carbocycles. The van der Waals surface area contributed by atoms with E-state index < -0.39 is 5.97 Å². The Morgan fingerprint density at radius 2 is 2.23 bits per heavy atom. The van der Waals surface area contributed by atoms with Gasteiger partial charge in [0.1, 0.15) is 0 Å². The SMILES string of the molecule is C#CCN(CC(=C)CC)CC(=O)O. The summed E-state index contributed by atoms with van der Waals surface area (Å²) in [6.45, 7) is 6.67. The highest BCUT2D eigenvalue weighted by Crippen LogP contribution is 2.00. The molecule has 0 heterocycles. The van der Waals surface area contributed by atoms with Crippen LogP contribution in [0.2, 0.25) is 0 Å². The highest BCUT2D eigenvalue weighted by atomic mass is 16.4. The molecule has 0 amide bonds. The van der Waals surface area contributed by atoms with Gasteiger partial charge in [-0.25, -0.2) is 0 Å². The molecule has 0 aromatic heterocycles. The second kappa shape index (κ2) is 6.27. The number of nitrogens with zero attached hydrogens (tertiary/aromatic N) is 1. The van der Waals surface area contributed by atoms with E-state index in [-0.39, 0.29) is 6.54 Å². The Morgan fingerprint density at radius 1 is 1.62 bits per heavy atom. The third-order valence-electron chi connectivity index (χ3n) is 1.62. The van der Waals surface area contributed by atoms with Crippen molar-refractivity contribution in [3.8, 4) is 12.3 Å². The topological polar surface area (TPSA) is 40.5 Å². The Hall–Kier alpha value is -1.27. The molecule has 1 N–H and O–H groups in total. The lowest BCUT2D eigenvalue weighted by atomic mass is 10.2. The van der Waals surface area contributed by atoms with E-state index in [1.807, 2.05) is 6.92 Å². The molecule has 3 heteroatoms. The number of carbonyl (C=O) groups is 1. The van der Waals surface area contributed by atoms with E-state index in [0.29, 0.717) is 13.1 Å². The van der Waals surface area contributed by atoms with Crippen LogP contribution in [-0.2, 0) is 4.79 Å². The van der Waals surface area contributed by atoms with Gasteiger partial charge in [-0.3, -0.25) is 9.69 Å². The van der Waals surface area contributed by atoms with Crippen molar-refractivity contribution in [2.75, 3.05) is 19.6 Å². The number of hydrogen-bond donors (Lipinski definition) is 1. The zero-order valence-electron chi connectivity index (χ0n) is 7.92. The molecule has 0 saturated carbocycles. The van der Waals surface area contributed by atoms with Crippen LogP contribution in [-0.4, -0.2) is 35.6 Å². The van der Waals surface area contributed by atoms with E-state index in [1.165, 1.54) is 0 Å². The van der Waals surface area contributed by atoms with Crippen molar-refractivity contribution in [1.29, 1.82) is 0 Å². The van der Waals surface area contributed by atoms with Crippen LogP contribution in [0.5, 0.6) is 0 Å². The van der Waals surface area contributed by atoms with Crippen molar-refractivity contribution >= 4 is 5.97 Å². The zero-order chi connectivity index (χ0) is 10.3. The van der Waals surface area contributed by atoms with Gasteiger partial charge in [-0.05, 0) is 6.42 Å². The fourth-order valence-corrected chi connectivity index (χ4v) is 0.916. The highest BCUT2D eigenvalue weighted by Gasteiger charge is 2.08. The van der Waals surface area contributed by atoms with Crippen molar-refractivity contribution in [2.24, 2.45) is 0 Å². The molecule has 72 valence electrons. The summed E-state index contributed by atoms with van der Waals surface area (Å²) in [5, 5.41) is 8.56. The highest BCUT2D eigenvalue weighted by molar-refractivity contribution is 5.69. The summed E-state index contributed by atoms with van der Waals surface area (Å²) < 4.78 is 0. The molecular weight excluding hydrogens is 166 g/mol. The molecule has 0 bridgehead atoms. The minimum Gasteiger partial charge on any atom is -0.480 e. The molecule has 0 rings (SSSR count). The Labute approximate surface area is 79.0 Å². The molecule has 13 heavy (non-hydrogen) atoms. The standard InChI is InChI=1S/C10H15NO2/c1-4-6-11(8-10(12)13)7-9(3)5-2/h1H,3,5-8H2,2H3,(H,12,13). The van der Waals surface area contributed by atoms with Crippen LogP contribution in [0.15, 0.2) is 12.2 Å². The van der Waals surface area contributed by atoms with Gasteiger partial charge in [-0.2, -0.15) is 0 Å². The van der Waals surface area contributed by atoms with Crippen molar-refractivity contribution < 1.29 is 9.90 Å². The lowest BCUT2D eigenvalue weighted by molar-refractivity contribution is -0.138. The quantitative estimate of drug-likeness (QED) is 0.490. The average Bonchev–Trinajstić information content (AvgIpc) is 2.03. The molecule has 0 saturated heterocycles. The number of carboxylic acids is 1. The van der Waals surface area contributed by atoms with Crippen LogP contribution in [0.25, 0.3) is 0 Å². The Balaban J connectivity index is 4.02. The van der Waals surface area contributed by atoms with E-state index in [9.17, 15) is 4.79 Å². The van der Waals surface area contributed by atoms with E-state index in [1.54, 1.807) is 4.90 Å². The largest absolute Gasteiger partial charge is 0.480 e. The Morgan fingerprint density at radius 3 is 2.62 bits per heavy atom. The van der Waals surface area contributed by atoms with Gasteiger partial charge >= 0.3 is 5.97 Å². The summed E-state index contributed by atoms with van der Waals surface area (Å²) in [4.78, 5) is 12.1. The van der Waals surface area contributed by atoms with E-state index in [0.717, 1.165) is 12.0 Å². The molecule has 0 aromatic rings. The fourth-order valence-electron chi connectivity index (χ4n) is 0.916. The third-order valence-corrected chi connectivity index (χ3v) is 1.62. The molecule has 0 radical (unpaired) electrons. The average molecular weight is 181 g/mol. The minimum atomic E-state index is -0.862. The van der Waals surface area contributed by atoms with Gasteiger partial charge in [0.2, 0.25) is 0 Å². The fraction of sp³-hybridized carbons (Fsp3) is 0.500. The molecule has 0 aliphatic rings. The molecule has 0 atom stereocenters. The summed E-state index contributed by atoms with van der Waals surface area (Å²) in [7, 11) is 0. The van der Waals surface area contributed by atoms with Crippen LogP contribution in [0.4, 0.5) is 0 Å². The van der Waals surface area contributed by atoms with E-state index in [4.69, 9.17) is 11.5 Å². The van der Waals surface area contributed by atoms with Crippen LogP contribution in [0.3, 0.4) is 0 Å². The van der Waals surface area contributed by atoms with Crippen LogP contribution >= 0.6 is 0 Å². The molecule has 0 aliphatic heterocycles. The van der Waals surface area contributed by atoms with E-state index >= 15 is 0 Å². The monoisotopic (exact) mass is 181 g/mol. The van der Waals surface area contributed by atoms with Gasteiger partial charge in [0.05, 0.1) is 13.1 Å². The first-order valence-electron chi connectivity index (χ1n) is 4.14. The molecule has 0 unspecified atom stereocenters. The second-order valence-corrected chi connectivity index (χ2v) is 2.85. The summed E-state index contributed by atoms with van der Waals surface area (Å²) in [6, 6.07) is 0. The summed E-state index contributed by atoms with van der Waals surface area (Å²) in [5.41, 5.74) is 0.997. The van der Waals surface area contributed by atoms with Gasteiger partial charge in [0, 0.05) is 6.54 Å². The van der Waals surface area contributed by atoms with Gasteiger partial charge in [-0.1, -0.05) is 25.0 Å². The molecule has 0 spiro atoms. The Bertz CT molecular complexity index is 228. The van der Waals surface area contributed by atoms with Crippen LogP contribution < -0.4 is 0 Å². The first-order valence-corrected chi connectivity index (χ1v) is 4.14. The maximum Gasteiger partial charge on any atom is 0.317 e. The van der Waals surface area contributed by atoms with Crippen molar-refractivity contribution in [1.82, 2.24) is 4.90 Å². The van der Waals surface area contributed by atoms with Crippen molar-refractivity contribution in [3.63, 3.8) is 0 Å². The molecular formula is C10H15NO2. The molecule has 0 fully saturated rings. The summed E-state index contributed by atoms with van der Waals surface area (Å²) in [5.74, 6) is 1.56. The summed E-state index contributed by atoms with van der Waals surface area (Å²) >= 11 is 0. The lowest BCUT2D eigenvalue weighted by Gasteiger charge is -2.17.